The van der Waals surface area contributed by atoms with E-state index in [2.05, 4.69) is 5.32 Å². The lowest BCUT2D eigenvalue weighted by Gasteiger charge is -2.30. The van der Waals surface area contributed by atoms with E-state index in [4.69, 9.17) is 5.11 Å². The standard InChI is InChI=1S/C9H15NO2/c11-9(12)7-2-1-3-8-6(7)4-5-10-8/h6-8,10H,1-5H2,(H,11,12)/t6-,7+,8+/m0/s1. The molecule has 1 saturated carbocycles. The zero-order valence-electron chi connectivity index (χ0n) is 7.12. The van der Waals surface area contributed by atoms with Crippen molar-refractivity contribution in [1.29, 1.82) is 0 Å². The highest BCUT2D eigenvalue weighted by molar-refractivity contribution is 5.70. The Morgan fingerprint density at radius 1 is 1.33 bits per heavy atom. The molecule has 0 bridgehead atoms. The summed E-state index contributed by atoms with van der Waals surface area (Å²) in [6, 6.07) is 0.500. The molecular formula is C9H15NO2. The van der Waals surface area contributed by atoms with Gasteiger partial charge in [0.05, 0.1) is 5.92 Å². The van der Waals surface area contributed by atoms with E-state index in [1.165, 1.54) is 6.42 Å². The molecule has 3 heteroatoms. The van der Waals surface area contributed by atoms with Gasteiger partial charge in [0.2, 0.25) is 0 Å². The van der Waals surface area contributed by atoms with Crippen LogP contribution in [-0.2, 0) is 4.79 Å². The molecule has 0 aromatic rings. The molecule has 2 rings (SSSR count). The molecule has 0 amide bonds. The molecule has 0 spiro atoms. The van der Waals surface area contributed by atoms with Crippen LogP contribution < -0.4 is 5.32 Å². The van der Waals surface area contributed by atoms with Crippen molar-refractivity contribution < 1.29 is 9.90 Å². The first-order valence-electron chi connectivity index (χ1n) is 4.75. The third-order valence-corrected chi connectivity index (χ3v) is 3.27. The Kier molecular flexibility index (Phi) is 2.05. The lowest BCUT2D eigenvalue weighted by molar-refractivity contribution is -0.145. The highest BCUT2D eigenvalue weighted by Crippen LogP contribution is 2.35. The molecule has 0 unspecified atom stereocenters. The van der Waals surface area contributed by atoms with Crippen molar-refractivity contribution >= 4 is 5.97 Å². The molecule has 0 aromatic carbocycles. The smallest absolute Gasteiger partial charge is 0.306 e. The molecule has 1 aliphatic carbocycles. The van der Waals surface area contributed by atoms with Crippen LogP contribution in [0.5, 0.6) is 0 Å². The van der Waals surface area contributed by atoms with Crippen molar-refractivity contribution in [1.82, 2.24) is 5.32 Å². The minimum Gasteiger partial charge on any atom is -0.481 e. The zero-order valence-corrected chi connectivity index (χ0v) is 7.12. The molecular weight excluding hydrogens is 154 g/mol. The summed E-state index contributed by atoms with van der Waals surface area (Å²) in [5.41, 5.74) is 0. The fraction of sp³-hybridized carbons (Fsp3) is 0.889. The van der Waals surface area contributed by atoms with Crippen LogP contribution in [0.1, 0.15) is 25.7 Å². The van der Waals surface area contributed by atoms with Crippen LogP contribution in [0.2, 0.25) is 0 Å². The summed E-state index contributed by atoms with van der Waals surface area (Å²) < 4.78 is 0. The molecule has 2 fully saturated rings. The van der Waals surface area contributed by atoms with Crippen LogP contribution in [0.15, 0.2) is 0 Å². The molecule has 3 nitrogen and oxygen atoms in total. The summed E-state index contributed by atoms with van der Waals surface area (Å²) in [5.74, 6) is -0.247. The van der Waals surface area contributed by atoms with Gasteiger partial charge in [0, 0.05) is 6.04 Å². The molecule has 0 radical (unpaired) electrons. The lowest BCUT2D eigenvalue weighted by Crippen LogP contribution is -2.38. The summed E-state index contributed by atoms with van der Waals surface area (Å²) in [4.78, 5) is 10.9. The van der Waals surface area contributed by atoms with Gasteiger partial charge in [-0.25, -0.2) is 0 Å². The Morgan fingerprint density at radius 3 is 2.92 bits per heavy atom. The Morgan fingerprint density at radius 2 is 2.17 bits per heavy atom. The second-order valence-electron chi connectivity index (χ2n) is 3.89. The molecule has 1 heterocycles. The monoisotopic (exact) mass is 169 g/mol. The number of aliphatic carboxylic acids is 1. The van der Waals surface area contributed by atoms with Crippen molar-refractivity contribution in [2.24, 2.45) is 11.8 Å². The maximum absolute atomic E-state index is 10.9. The van der Waals surface area contributed by atoms with Crippen LogP contribution in [0.25, 0.3) is 0 Å². The third kappa shape index (κ3) is 1.22. The van der Waals surface area contributed by atoms with Crippen molar-refractivity contribution in [3.8, 4) is 0 Å². The maximum atomic E-state index is 10.9. The summed E-state index contributed by atoms with van der Waals surface area (Å²) >= 11 is 0. The quantitative estimate of drug-likeness (QED) is 0.611. The highest BCUT2D eigenvalue weighted by Gasteiger charge is 2.39. The molecule has 2 aliphatic rings. The fourth-order valence-corrected chi connectivity index (χ4v) is 2.66. The van der Waals surface area contributed by atoms with Crippen molar-refractivity contribution in [2.45, 2.75) is 31.7 Å². The predicted molar refractivity (Wildman–Crippen MR) is 44.9 cm³/mol. The minimum absolute atomic E-state index is 0.0706. The Balaban J connectivity index is 2.08. The van der Waals surface area contributed by atoms with E-state index in [-0.39, 0.29) is 5.92 Å². The van der Waals surface area contributed by atoms with E-state index >= 15 is 0 Å². The summed E-state index contributed by atoms with van der Waals surface area (Å²) in [7, 11) is 0. The number of fused-ring (bicyclic) bond motifs is 1. The molecule has 1 aliphatic heterocycles. The fourth-order valence-electron chi connectivity index (χ4n) is 2.66. The molecule has 2 N–H and O–H groups in total. The van der Waals surface area contributed by atoms with Gasteiger partial charge in [-0.2, -0.15) is 0 Å². The molecule has 68 valence electrons. The van der Waals surface area contributed by atoms with E-state index in [0.29, 0.717) is 12.0 Å². The number of hydrogen-bond donors (Lipinski definition) is 2. The van der Waals surface area contributed by atoms with Gasteiger partial charge in [-0.3, -0.25) is 4.79 Å². The Labute approximate surface area is 72.2 Å². The van der Waals surface area contributed by atoms with Crippen LogP contribution in [0.4, 0.5) is 0 Å². The van der Waals surface area contributed by atoms with E-state index in [1.54, 1.807) is 0 Å². The van der Waals surface area contributed by atoms with Crippen LogP contribution in [0.3, 0.4) is 0 Å². The van der Waals surface area contributed by atoms with Gasteiger partial charge >= 0.3 is 5.97 Å². The number of rotatable bonds is 1. The van der Waals surface area contributed by atoms with Crippen LogP contribution in [0, 0.1) is 11.8 Å². The van der Waals surface area contributed by atoms with Crippen molar-refractivity contribution in [3.05, 3.63) is 0 Å². The third-order valence-electron chi connectivity index (χ3n) is 3.27. The Hall–Kier alpha value is -0.570. The van der Waals surface area contributed by atoms with E-state index in [9.17, 15) is 4.79 Å². The minimum atomic E-state index is -0.589. The number of carboxylic acids is 1. The van der Waals surface area contributed by atoms with Crippen molar-refractivity contribution in [2.75, 3.05) is 6.54 Å². The van der Waals surface area contributed by atoms with Gasteiger partial charge in [0.15, 0.2) is 0 Å². The molecule has 0 aromatic heterocycles. The molecule has 3 atom stereocenters. The van der Waals surface area contributed by atoms with E-state index < -0.39 is 5.97 Å². The number of hydrogen-bond acceptors (Lipinski definition) is 2. The molecule has 12 heavy (non-hydrogen) atoms. The second kappa shape index (κ2) is 3.05. The summed E-state index contributed by atoms with van der Waals surface area (Å²) in [6.45, 7) is 1.01. The number of carbonyl (C=O) groups is 1. The Bertz CT molecular complexity index is 193. The summed E-state index contributed by atoms with van der Waals surface area (Å²) in [5, 5.41) is 12.3. The lowest BCUT2D eigenvalue weighted by atomic mass is 9.76. The first kappa shape index (κ1) is 8.05. The van der Waals surface area contributed by atoms with Gasteiger partial charge in [-0.1, -0.05) is 6.42 Å². The van der Waals surface area contributed by atoms with Gasteiger partial charge < -0.3 is 10.4 Å². The van der Waals surface area contributed by atoms with Crippen LogP contribution in [-0.4, -0.2) is 23.7 Å². The highest BCUT2D eigenvalue weighted by atomic mass is 16.4. The average Bonchev–Trinajstić information content (AvgIpc) is 2.49. The van der Waals surface area contributed by atoms with Gasteiger partial charge in [0.1, 0.15) is 0 Å². The zero-order chi connectivity index (χ0) is 8.55. The normalized spacial score (nSPS) is 40.8. The summed E-state index contributed by atoms with van der Waals surface area (Å²) in [6.07, 6.45) is 4.19. The topological polar surface area (TPSA) is 49.3 Å². The first-order chi connectivity index (χ1) is 5.79. The second-order valence-corrected chi connectivity index (χ2v) is 3.89. The average molecular weight is 169 g/mol. The SMILES string of the molecule is O=C(O)[C@@H]1CCC[C@H]2NCC[C@H]21. The van der Waals surface area contributed by atoms with E-state index in [0.717, 1.165) is 25.8 Å². The first-order valence-corrected chi connectivity index (χ1v) is 4.75. The largest absolute Gasteiger partial charge is 0.481 e. The van der Waals surface area contributed by atoms with Gasteiger partial charge in [-0.15, -0.1) is 0 Å². The molecule has 1 saturated heterocycles. The van der Waals surface area contributed by atoms with E-state index in [1.807, 2.05) is 0 Å². The maximum Gasteiger partial charge on any atom is 0.306 e. The number of carboxylic acid groups (broad SMARTS) is 1. The predicted octanol–water partition coefficient (Wildman–Crippen LogP) is 0.849. The van der Waals surface area contributed by atoms with Crippen LogP contribution >= 0.6 is 0 Å². The van der Waals surface area contributed by atoms with Gasteiger partial charge in [-0.05, 0) is 31.7 Å². The van der Waals surface area contributed by atoms with Crippen molar-refractivity contribution in [3.63, 3.8) is 0 Å². The van der Waals surface area contributed by atoms with Gasteiger partial charge in [0.25, 0.3) is 0 Å². The number of nitrogens with one attached hydrogen (secondary N) is 1.